The molecule has 1 unspecified atom stereocenters. The molecule has 1 aliphatic heterocycles. The normalized spacial score (nSPS) is 20.2. The second-order valence-corrected chi connectivity index (χ2v) is 5.14. The fourth-order valence-corrected chi connectivity index (χ4v) is 2.50. The summed E-state index contributed by atoms with van der Waals surface area (Å²) in [5.41, 5.74) is 0.205. The summed E-state index contributed by atoms with van der Waals surface area (Å²) in [6.45, 7) is 0.643. The molecule has 0 saturated carbocycles. The summed E-state index contributed by atoms with van der Waals surface area (Å²) in [6, 6.07) is 1.88. The minimum atomic E-state index is -0.661. The van der Waals surface area contributed by atoms with E-state index in [0.717, 1.165) is 18.9 Å². The molecule has 1 aliphatic rings. The third-order valence-corrected chi connectivity index (χ3v) is 3.46. The summed E-state index contributed by atoms with van der Waals surface area (Å²) in [5.74, 6) is -1.35. The first kappa shape index (κ1) is 13.3. The minimum Gasteiger partial charge on any atom is -0.379 e. The van der Waals surface area contributed by atoms with Gasteiger partial charge in [-0.2, -0.15) is 0 Å². The smallest absolute Gasteiger partial charge is 0.222 e. The van der Waals surface area contributed by atoms with E-state index in [1.807, 2.05) is 0 Å². The molecule has 1 atom stereocenters. The number of halogens is 3. The zero-order chi connectivity index (χ0) is 13.1. The highest BCUT2D eigenvalue weighted by atomic mass is 79.9. The second-order valence-electron chi connectivity index (χ2n) is 4.28. The van der Waals surface area contributed by atoms with E-state index in [0.29, 0.717) is 17.4 Å². The zero-order valence-corrected chi connectivity index (χ0v) is 11.2. The first-order chi connectivity index (χ1) is 8.56. The molecule has 1 heterocycles. The van der Waals surface area contributed by atoms with Gasteiger partial charge >= 0.3 is 0 Å². The Labute approximate surface area is 112 Å². The second kappa shape index (κ2) is 5.65. The van der Waals surface area contributed by atoms with Crippen LogP contribution in [0.5, 0.6) is 0 Å². The molecule has 0 spiro atoms. The molecule has 3 nitrogen and oxygen atoms in total. The molecule has 1 aromatic rings. The van der Waals surface area contributed by atoms with Gasteiger partial charge in [0.25, 0.3) is 0 Å². The number of rotatable bonds is 2. The van der Waals surface area contributed by atoms with E-state index in [1.165, 1.54) is 6.07 Å². The molecule has 1 saturated heterocycles. The van der Waals surface area contributed by atoms with Crippen molar-refractivity contribution in [2.24, 2.45) is 0 Å². The maximum atomic E-state index is 13.6. The summed E-state index contributed by atoms with van der Waals surface area (Å²) in [5, 5.41) is 5.72. The van der Waals surface area contributed by atoms with Gasteiger partial charge in [-0.25, -0.2) is 8.78 Å². The quantitative estimate of drug-likeness (QED) is 0.880. The van der Waals surface area contributed by atoms with Gasteiger partial charge in [0.2, 0.25) is 5.91 Å². The van der Waals surface area contributed by atoms with Crippen molar-refractivity contribution in [3.8, 4) is 0 Å². The topological polar surface area (TPSA) is 41.1 Å². The van der Waals surface area contributed by atoms with Crippen molar-refractivity contribution in [3.05, 3.63) is 28.2 Å². The van der Waals surface area contributed by atoms with Crippen LogP contribution < -0.4 is 10.6 Å². The molecule has 0 radical (unpaired) electrons. The van der Waals surface area contributed by atoms with Gasteiger partial charge in [0, 0.05) is 29.5 Å². The van der Waals surface area contributed by atoms with Crippen molar-refractivity contribution in [1.82, 2.24) is 5.32 Å². The monoisotopic (exact) mass is 318 g/mol. The number of amides is 1. The number of anilines is 1. The first-order valence-corrected chi connectivity index (χ1v) is 6.53. The Balaban J connectivity index is 2.15. The Morgan fingerprint density at radius 3 is 2.89 bits per heavy atom. The van der Waals surface area contributed by atoms with Gasteiger partial charge in [-0.05, 0) is 34.8 Å². The molecular formula is C12H13BrF2N2O. The van der Waals surface area contributed by atoms with Crippen LogP contribution in [0.4, 0.5) is 14.5 Å². The van der Waals surface area contributed by atoms with E-state index in [9.17, 15) is 13.6 Å². The third-order valence-electron chi connectivity index (χ3n) is 2.84. The van der Waals surface area contributed by atoms with Gasteiger partial charge in [0.1, 0.15) is 11.6 Å². The Bertz CT molecular complexity index is 444. The lowest BCUT2D eigenvalue weighted by Crippen LogP contribution is -2.27. The average molecular weight is 319 g/mol. The highest BCUT2D eigenvalue weighted by Crippen LogP contribution is 2.28. The molecule has 2 rings (SSSR count). The molecule has 98 valence electrons. The van der Waals surface area contributed by atoms with Crippen LogP contribution in [0.1, 0.15) is 19.3 Å². The summed E-state index contributed by atoms with van der Waals surface area (Å²) in [6.07, 6.45) is 1.90. The van der Waals surface area contributed by atoms with Crippen LogP contribution in [0, 0.1) is 11.6 Å². The molecule has 0 bridgehead atoms. The van der Waals surface area contributed by atoms with E-state index in [2.05, 4.69) is 26.6 Å². The van der Waals surface area contributed by atoms with Crippen LogP contribution in [0.2, 0.25) is 0 Å². The number of nitrogens with one attached hydrogen (secondary N) is 2. The molecule has 0 aromatic heterocycles. The minimum absolute atomic E-state index is 0.0522. The predicted molar refractivity (Wildman–Crippen MR) is 68.3 cm³/mol. The summed E-state index contributed by atoms with van der Waals surface area (Å²) in [4.78, 5) is 11.4. The van der Waals surface area contributed by atoms with Crippen LogP contribution in [-0.2, 0) is 4.79 Å². The van der Waals surface area contributed by atoms with Crippen LogP contribution in [0.3, 0.4) is 0 Å². The van der Waals surface area contributed by atoms with E-state index in [4.69, 9.17) is 0 Å². The average Bonchev–Trinajstić information content (AvgIpc) is 2.48. The van der Waals surface area contributed by atoms with Gasteiger partial charge in [-0.3, -0.25) is 4.79 Å². The SMILES string of the molecule is O=C1CC(Nc2c(F)cc(F)cc2Br)CCCN1. The lowest BCUT2D eigenvalue weighted by molar-refractivity contribution is -0.120. The molecule has 2 N–H and O–H groups in total. The van der Waals surface area contributed by atoms with Crippen molar-refractivity contribution in [1.29, 1.82) is 0 Å². The number of hydrogen-bond donors (Lipinski definition) is 2. The van der Waals surface area contributed by atoms with E-state index >= 15 is 0 Å². The molecule has 18 heavy (non-hydrogen) atoms. The van der Waals surface area contributed by atoms with Crippen molar-refractivity contribution in [2.75, 3.05) is 11.9 Å². The molecule has 1 aromatic carbocycles. The fourth-order valence-electron chi connectivity index (χ4n) is 1.98. The molecule has 6 heteroatoms. The standard InChI is InChI=1S/C12H13BrF2N2O/c13-9-4-7(14)5-10(15)12(9)17-8-2-1-3-16-11(18)6-8/h4-5,8,17H,1-3,6H2,(H,16,18). The van der Waals surface area contributed by atoms with E-state index in [-0.39, 0.29) is 17.6 Å². The largest absolute Gasteiger partial charge is 0.379 e. The zero-order valence-electron chi connectivity index (χ0n) is 9.60. The van der Waals surface area contributed by atoms with E-state index < -0.39 is 11.6 Å². The Hall–Kier alpha value is -1.17. The highest BCUT2D eigenvalue weighted by Gasteiger charge is 2.19. The van der Waals surface area contributed by atoms with Crippen molar-refractivity contribution >= 4 is 27.5 Å². The van der Waals surface area contributed by atoms with E-state index in [1.54, 1.807) is 0 Å². The summed E-state index contributed by atoms with van der Waals surface area (Å²) < 4.78 is 26.9. The predicted octanol–water partition coefficient (Wildman–Crippen LogP) is 2.81. The van der Waals surface area contributed by atoms with Crippen LogP contribution in [-0.4, -0.2) is 18.5 Å². The Kier molecular flexibility index (Phi) is 4.16. The van der Waals surface area contributed by atoms with Crippen molar-refractivity contribution < 1.29 is 13.6 Å². The number of hydrogen-bond acceptors (Lipinski definition) is 2. The van der Waals surface area contributed by atoms with Crippen molar-refractivity contribution in [3.63, 3.8) is 0 Å². The number of benzene rings is 1. The van der Waals surface area contributed by atoms with Crippen LogP contribution in [0.25, 0.3) is 0 Å². The van der Waals surface area contributed by atoms with Crippen molar-refractivity contribution in [2.45, 2.75) is 25.3 Å². The Morgan fingerprint density at radius 1 is 1.39 bits per heavy atom. The van der Waals surface area contributed by atoms with Gasteiger partial charge < -0.3 is 10.6 Å². The molecule has 0 aliphatic carbocycles. The first-order valence-electron chi connectivity index (χ1n) is 5.74. The highest BCUT2D eigenvalue weighted by molar-refractivity contribution is 9.10. The lowest BCUT2D eigenvalue weighted by Gasteiger charge is -2.18. The van der Waals surface area contributed by atoms with Crippen LogP contribution in [0.15, 0.2) is 16.6 Å². The van der Waals surface area contributed by atoms with Crippen LogP contribution >= 0.6 is 15.9 Å². The maximum absolute atomic E-state index is 13.6. The molecule has 1 fully saturated rings. The number of carbonyl (C=O) groups excluding carboxylic acids is 1. The summed E-state index contributed by atoms with van der Waals surface area (Å²) >= 11 is 3.12. The van der Waals surface area contributed by atoms with Gasteiger partial charge in [0.05, 0.1) is 5.69 Å². The molecular weight excluding hydrogens is 306 g/mol. The maximum Gasteiger partial charge on any atom is 0.222 e. The summed E-state index contributed by atoms with van der Waals surface area (Å²) in [7, 11) is 0. The van der Waals surface area contributed by atoms with Gasteiger partial charge in [-0.15, -0.1) is 0 Å². The number of carbonyl (C=O) groups is 1. The van der Waals surface area contributed by atoms with Gasteiger partial charge in [-0.1, -0.05) is 0 Å². The lowest BCUT2D eigenvalue weighted by atomic mass is 10.1. The Morgan fingerprint density at radius 2 is 2.17 bits per heavy atom. The molecule has 1 amide bonds. The third kappa shape index (κ3) is 3.19. The fraction of sp³-hybridized carbons (Fsp3) is 0.417. The van der Waals surface area contributed by atoms with Gasteiger partial charge in [0.15, 0.2) is 0 Å².